The lowest BCUT2D eigenvalue weighted by atomic mass is 10.1. The fourth-order valence-electron chi connectivity index (χ4n) is 3.53. The number of hydrogen-bond acceptors (Lipinski definition) is 8. The van der Waals surface area contributed by atoms with Crippen LogP contribution >= 0.6 is 11.3 Å². The molecule has 3 heterocycles. The molecule has 0 aliphatic heterocycles. The Morgan fingerprint density at radius 2 is 2.16 bits per heavy atom. The number of methoxy groups -OCH3 is 1. The maximum Gasteiger partial charge on any atom is 0.264 e. The SMILES string of the molecule is COc1cccc(CCNc2ncnc3sc(C(=O)N(C)[C@@H](C)c4ccon4)c(C)c23)c1. The molecule has 32 heavy (non-hydrogen) atoms. The zero-order chi connectivity index (χ0) is 22.7. The Hall–Kier alpha value is -3.46. The number of nitrogens with one attached hydrogen (secondary N) is 1. The largest absolute Gasteiger partial charge is 0.497 e. The van der Waals surface area contributed by atoms with Gasteiger partial charge in [-0.25, -0.2) is 9.97 Å². The van der Waals surface area contributed by atoms with Gasteiger partial charge in [0, 0.05) is 19.7 Å². The molecule has 4 rings (SSSR count). The summed E-state index contributed by atoms with van der Waals surface area (Å²) in [5.41, 5.74) is 2.75. The van der Waals surface area contributed by atoms with E-state index in [1.165, 1.54) is 29.5 Å². The summed E-state index contributed by atoms with van der Waals surface area (Å²) in [5.74, 6) is 1.49. The van der Waals surface area contributed by atoms with Crippen LogP contribution in [0.2, 0.25) is 0 Å². The van der Waals surface area contributed by atoms with Gasteiger partial charge in [0.25, 0.3) is 5.91 Å². The van der Waals surface area contributed by atoms with Crippen LogP contribution in [0.3, 0.4) is 0 Å². The summed E-state index contributed by atoms with van der Waals surface area (Å²) < 4.78 is 10.2. The summed E-state index contributed by atoms with van der Waals surface area (Å²) in [6, 6.07) is 9.56. The van der Waals surface area contributed by atoms with Gasteiger partial charge in [0.1, 0.15) is 34.7 Å². The van der Waals surface area contributed by atoms with Crippen molar-refractivity contribution in [1.29, 1.82) is 0 Å². The summed E-state index contributed by atoms with van der Waals surface area (Å²) in [4.78, 5) is 25.2. The second-order valence-corrected chi connectivity index (χ2v) is 8.50. The fourth-order valence-corrected chi connectivity index (χ4v) is 4.67. The molecule has 166 valence electrons. The van der Waals surface area contributed by atoms with E-state index in [0.717, 1.165) is 33.8 Å². The van der Waals surface area contributed by atoms with Gasteiger partial charge in [-0.2, -0.15) is 0 Å². The number of anilines is 1. The molecule has 0 aliphatic carbocycles. The fraction of sp³-hybridized carbons (Fsp3) is 0.304. The molecule has 0 saturated heterocycles. The van der Waals surface area contributed by atoms with E-state index in [4.69, 9.17) is 9.26 Å². The van der Waals surface area contributed by atoms with Crippen LogP contribution < -0.4 is 10.1 Å². The van der Waals surface area contributed by atoms with Gasteiger partial charge in [-0.1, -0.05) is 17.3 Å². The van der Waals surface area contributed by atoms with E-state index in [0.29, 0.717) is 17.1 Å². The van der Waals surface area contributed by atoms with Gasteiger partial charge in [0.2, 0.25) is 0 Å². The summed E-state index contributed by atoms with van der Waals surface area (Å²) >= 11 is 1.38. The molecule has 3 aromatic heterocycles. The Morgan fingerprint density at radius 3 is 2.91 bits per heavy atom. The minimum absolute atomic E-state index is 0.0802. The molecule has 1 N–H and O–H groups in total. The number of fused-ring (bicyclic) bond motifs is 1. The first-order chi connectivity index (χ1) is 15.5. The third kappa shape index (κ3) is 4.29. The van der Waals surface area contributed by atoms with Gasteiger partial charge in [0.05, 0.1) is 23.4 Å². The number of aromatic nitrogens is 3. The standard InChI is InChI=1S/C23H25N5O3S/c1-14-19-21(24-10-8-16-6-5-7-17(12-16)30-4)25-13-26-22(19)32-20(14)23(29)28(3)15(2)18-9-11-31-27-18/h5-7,9,11-13,15H,8,10H2,1-4H3,(H,24,25,26)/t15-/m0/s1. The Kier molecular flexibility index (Phi) is 6.36. The first-order valence-electron chi connectivity index (χ1n) is 10.3. The predicted molar refractivity (Wildman–Crippen MR) is 124 cm³/mol. The van der Waals surface area contributed by atoms with Crippen LogP contribution in [0.5, 0.6) is 5.75 Å². The molecule has 1 amide bonds. The number of aryl methyl sites for hydroxylation is 1. The van der Waals surface area contributed by atoms with Crippen LogP contribution in [0.1, 0.15) is 39.5 Å². The van der Waals surface area contributed by atoms with E-state index in [1.54, 1.807) is 25.1 Å². The highest BCUT2D eigenvalue weighted by Gasteiger charge is 2.26. The van der Waals surface area contributed by atoms with Gasteiger partial charge in [0.15, 0.2) is 0 Å². The molecule has 0 fully saturated rings. The quantitative estimate of drug-likeness (QED) is 0.422. The molecular weight excluding hydrogens is 426 g/mol. The van der Waals surface area contributed by atoms with E-state index < -0.39 is 0 Å². The molecule has 9 heteroatoms. The summed E-state index contributed by atoms with van der Waals surface area (Å²) in [6.07, 6.45) is 3.85. The van der Waals surface area contributed by atoms with E-state index in [9.17, 15) is 4.79 Å². The number of carbonyl (C=O) groups is 1. The monoisotopic (exact) mass is 451 g/mol. The van der Waals surface area contributed by atoms with Gasteiger partial charge in [-0.15, -0.1) is 11.3 Å². The first kappa shape index (κ1) is 21.8. The van der Waals surface area contributed by atoms with E-state index in [-0.39, 0.29) is 11.9 Å². The molecular formula is C23H25N5O3S. The van der Waals surface area contributed by atoms with Crippen molar-refractivity contribution in [3.8, 4) is 5.75 Å². The van der Waals surface area contributed by atoms with Crippen molar-refractivity contribution in [3.63, 3.8) is 0 Å². The Labute approximate surface area is 190 Å². The number of carbonyl (C=O) groups excluding carboxylic acids is 1. The number of hydrogen-bond donors (Lipinski definition) is 1. The topological polar surface area (TPSA) is 93.4 Å². The maximum atomic E-state index is 13.2. The highest BCUT2D eigenvalue weighted by atomic mass is 32.1. The van der Waals surface area contributed by atoms with Crippen molar-refractivity contribution < 1.29 is 14.1 Å². The van der Waals surface area contributed by atoms with E-state index in [1.807, 2.05) is 32.0 Å². The van der Waals surface area contributed by atoms with Crippen LogP contribution in [0.4, 0.5) is 5.82 Å². The van der Waals surface area contributed by atoms with Gasteiger partial charge < -0.3 is 19.5 Å². The zero-order valence-electron chi connectivity index (χ0n) is 18.5. The molecule has 1 aromatic carbocycles. The number of thiophene rings is 1. The highest BCUT2D eigenvalue weighted by Crippen LogP contribution is 2.35. The van der Waals surface area contributed by atoms with Crippen molar-refractivity contribution in [2.24, 2.45) is 0 Å². The van der Waals surface area contributed by atoms with Crippen LogP contribution in [0.15, 0.2) is 47.4 Å². The number of benzene rings is 1. The minimum Gasteiger partial charge on any atom is -0.497 e. The third-order valence-electron chi connectivity index (χ3n) is 5.55. The lowest BCUT2D eigenvalue weighted by molar-refractivity contribution is 0.0742. The molecule has 4 aromatic rings. The summed E-state index contributed by atoms with van der Waals surface area (Å²) in [7, 11) is 3.43. The maximum absolute atomic E-state index is 13.2. The van der Waals surface area contributed by atoms with Gasteiger partial charge in [-0.3, -0.25) is 4.79 Å². The number of ether oxygens (including phenoxy) is 1. The van der Waals surface area contributed by atoms with Crippen LogP contribution in [0.25, 0.3) is 10.2 Å². The Balaban J connectivity index is 1.53. The molecule has 0 spiro atoms. The zero-order valence-corrected chi connectivity index (χ0v) is 19.3. The van der Waals surface area contributed by atoms with Crippen LogP contribution in [-0.2, 0) is 6.42 Å². The first-order valence-corrected chi connectivity index (χ1v) is 11.1. The minimum atomic E-state index is -0.211. The normalized spacial score (nSPS) is 12.0. The van der Waals surface area contributed by atoms with E-state index >= 15 is 0 Å². The number of rotatable bonds is 8. The van der Waals surface area contributed by atoms with Crippen molar-refractivity contribution in [3.05, 3.63) is 64.6 Å². The molecule has 1 atom stereocenters. The Morgan fingerprint density at radius 1 is 1.31 bits per heavy atom. The van der Waals surface area contributed by atoms with Crippen LogP contribution in [0, 0.1) is 6.92 Å². The van der Waals surface area contributed by atoms with Crippen molar-refractivity contribution in [2.45, 2.75) is 26.3 Å². The number of nitrogens with zero attached hydrogens (tertiary/aromatic N) is 4. The lowest BCUT2D eigenvalue weighted by Crippen LogP contribution is -2.29. The second kappa shape index (κ2) is 9.35. The van der Waals surface area contributed by atoms with Gasteiger partial charge in [-0.05, 0) is 43.5 Å². The lowest BCUT2D eigenvalue weighted by Gasteiger charge is -2.22. The summed E-state index contributed by atoms with van der Waals surface area (Å²) in [6.45, 7) is 4.56. The van der Waals surface area contributed by atoms with Crippen molar-refractivity contribution >= 4 is 33.3 Å². The summed E-state index contributed by atoms with van der Waals surface area (Å²) in [5, 5.41) is 8.25. The average Bonchev–Trinajstić information content (AvgIpc) is 3.47. The molecule has 0 unspecified atom stereocenters. The third-order valence-corrected chi connectivity index (χ3v) is 6.74. The second-order valence-electron chi connectivity index (χ2n) is 7.50. The molecule has 8 nitrogen and oxygen atoms in total. The predicted octanol–water partition coefficient (Wildman–Crippen LogP) is 4.48. The average molecular weight is 452 g/mol. The van der Waals surface area contributed by atoms with Crippen LogP contribution in [-0.4, -0.2) is 46.6 Å². The Bertz CT molecular complexity index is 1220. The van der Waals surface area contributed by atoms with Crippen molar-refractivity contribution in [1.82, 2.24) is 20.0 Å². The molecule has 0 bridgehead atoms. The van der Waals surface area contributed by atoms with Crippen molar-refractivity contribution in [2.75, 3.05) is 26.0 Å². The number of amides is 1. The highest BCUT2D eigenvalue weighted by molar-refractivity contribution is 7.20. The van der Waals surface area contributed by atoms with E-state index in [2.05, 4.69) is 26.5 Å². The molecule has 0 radical (unpaired) electrons. The molecule has 0 aliphatic rings. The smallest absolute Gasteiger partial charge is 0.264 e. The van der Waals surface area contributed by atoms with Gasteiger partial charge >= 0.3 is 0 Å². The molecule has 0 saturated carbocycles.